The third-order valence-electron chi connectivity index (χ3n) is 4.12. The second-order valence-electron chi connectivity index (χ2n) is 5.77. The number of amides is 2. The second kappa shape index (κ2) is 7.15. The first-order valence-corrected chi connectivity index (χ1v) is 8.83. The van der Waals surface area contributed by atoms with E-state index >= 15 is 0 Å². The summed E-state index contributed by atoms with van der Waals surface area (Å²) in [5, 5.41) is 1.96. The average molecular weight is 344 g/mol. The molecule has 5 nitrogen and oxygen atoms in total. The van der Waals surface area contributed by atoms with Gasteiger partial charge in [0.15, 0.2) is 0 Å². The normalized spacial score (nSPS) is 20.4. The molecular weight excluding hydrogens is 324 g/mol. The van der Waals surface area contributed by atoms with E-state index in [0.29, 0.717) is 6.61 Å². The number of carbonyl (C=O) groups excluding carboxylic acids is 2. The number of carbonyl (C=O) groups is 2. The molecule has 2 unspecified atom stereocenters. The SMILES string of the molecule is CCONC(=O)C1CC(=O)N(c2ccc(C)cc2)C1c1cccs1. The highest BCUT2D eigenvalue weighted by atomic mass is 32.1. The van der Waals surface area contributed by atoms with E-state index < -0.39 is 5.92 Å². The minimum absolute atomic E-state index is 0.0473. The minimum atomic E-state index is -0.469. The molecule has 1 fully saturated rings. The first-order valence-electron chi connectivity index (χ1n) is 7.95. The molecule has 2 heterocycles. The van der Waals surface area contributed by atoms with E-state index in [0.717, 1.165) is 16.1 Å². The molecule has 126 valence electrons. The summed E-state index contributed by atoms with van der Waals surface area (Å²) in [6.45, 7) is 4.19. The zero-order valence-electron chi connectivity index (χ0n) is 13.7. The lowest BCUT2D eigenvalue weighted by atomic mass is 9.98. The highest BCUT2D eigenvalue weighted by molar-refractivity contribution is 7.10. The van der Waals surface area contributed by atoms with Gasteiger partial charge in [-0.2, -0.15) is 0 Å². The van der Waals surface area contributed by atoms with Crippen LogP contribution in [0.5, 0.6) is 0 Å². The van der Waals surface area contributed by atoms with E-state index in [-0.39, 0.29) is 24.3 Å². The Morgan fingerprint density at radius 2 is 2.08 bits per heavy atom. The standard InChI is InChI=1S/C18H20N2O3S/c1-3-23-19-18(22)14-11-16(21)20(13-8-6-12(2)7-9-13)17(14)15-5-4-10-24-15/h4-10,14,17H,3,11H2,1-2H3,(H,19,22). The molecule has 0 radical (unpaired) electrons. The number of anilines is 1. The summed E-state index contributed by atoms with van der Waals surface area (Å²) in [6.07, 6.45) is 0.176. The fourth-order valence-corrected chi connectivity index (χ4v) is 3.86. The number of aryl methyl sites for hydroxylation is 1. The number of thiophene rings is 1. The monoisotopic (exact) mass is 344 g/mol. The first-order chi connectivity index (χ1) is 11.6. The number of hydroxylamine groups is 1. The number of hydrogen-bond acceptors (Lipinski definition) is 4. The van der Waals surface area contributed by atoms with E-state index in [1.807, 2.05) is 48.7 Å². The van der Waals surface area contributed by atoms with E-state index in [1.165, 1.54) is 0 Å². The van der Waals surface area contributed by atoms with E-state index in [9.17, 15) is 9.59 Å². The molecule has 24 heavy (non-hydrogen) atoms. The highest BCUT2D eigenvalue weighted by Crippen LogP contribution is 2.43. The largest absolute Gasteiger partial charge is 0.303 e. The summed E-state index contributed by atoms with van der Waals surface area (Å²) in [6, 6.07) is 11.4. The van der Waals surface area contributed by atoms with E-state index in [1.54, 1.807) is 23.2 Å². The average Bonchev–Trinajstić information content (AvgIpc) is 3.21. The maximum Gasteiger partial charge on any atom is 0.249 e. The lowest BCUT2D eigenvalue weighted by molar-refractivity contribution is -0.138. The van der Waals surface area contributed by atoms with Crippen molar-refractivity contribution in [3.05, 3.63) is 52.2 Å². The molecule has 0 saturated carbocycles. The Labute approximate surface area is 145 Å². The van der Waals surface area contributed by atoms with Gasteiger partial charge in [-0.1, -0.05) is 23.8 Å². The summed E-state index contributed by atoms with van der Waals surface area (Å²) in [5.41, 5.74) is 4.40. The van der Waals surface area contributed by atoms with Crippen LogP contribution < -0.4 is 10.4 Å². The van der Waals surface area contributed by atoms with Gasteiger partial charge in [-0.25, -0.2) is 5.48 Å². The van der Waals surface area contributed by atoms with E-state index in [4.69, 9.17) is 4.84 Å². The van der Waals surface area contributed by atoms with Gasteiger partial charge in [0.1, 0.15) is 0 Å². The molecule has 1 saturated heterocycles. The fourth-order valence-electron chi connectivity index (χ4n) is 2.98. The van der Waals surface area contributed by atoms with Crippen LogP contribution in [-0.2, 0) is 14.4 Å². The summed E-state index contributed by atoms with van der Waals surface area (Å²) in [5.74, 6) is -0.767. The first kappa shape index (κ1) is 16.7. The van der Waals surface area contributed by atoms with Crippen LogP contribution in [0.1, 0.15) is 29.8 Å². The maximum absolute atomic E-state index is 12.7. The minimum Gasteiger partial charge on any atom is -0.303 e. The van der Waals surface area contributed by atoms with Crippen molar-refractivity contribution < 1.29 is 14.4 Å². The molecule has 2 atom stereocenters. The Bertz CT molecular complexity index is 712. The van der Waals surface area contributed by atoms with Crippen molar-refractivity contribution in [3.8, 4) is 0 Å². The van der Waals surface area contributed by atoms with Crippen LogP contribution in [0.3, 0.4) is 0 Å². The van der Waals surface area contributed by atoms with Crippen LogP contribution in [0.15, 0.2) is 41.8 Å². The van der Waals surface area contributed by atoms with Gasteiger partial charge in [-0.3, -0.25) is 14.4 Å². The van der Waals surface area contributed by atoms with Gasteiger partial charge in [0.2, 0.25) is 11.8 Å². The van der Waals surface area contributed by atoms with Crippen LogP contribution >= 0.6 is 11.3 Å². The lowest BCUT2D eigenvalue weighted by Crippen LogP contribution is -2.35. The van der Waals surface area contributed by atoms with Crippen molar-refractivity contribution in [1.29, 1.82) is 0 Å². The lowest BCUT2D eigenvalue weighted by Gasteiger charge is -2.27. The van der Waals surface area contributed by atoms with Gasteiger partial charge in [0, 0.05) is 17.0 Å². The predicted molar refractivity (Wildman–Crippen MR) is 93.6 cm³/mol. The molecule has 2 aromatic rings. The second-order valence-corrected chi connectivity index (χ2v) is 6.75. The quantitative estimate of drug-likeness (QED) is 0.847. The van der Waals surface area contributed by atoms with Crippen molar-refractivity contribution in [2.24, 2.45) is 5.92 Å². The summed E-state index contributed by atoms with van der Waals surface area (Å²) < 4.78 is 0. The zero-order chi connectivity index (χ0) is 17.1. The van der Waals surface area contributed by atoms with Crippen LogP contribution in [0.2, 0.25) is 0 Å². The molecule has 0 bridgehead atoms. The molecule has 1 aromatic heterocycles. The highest BCUT2D eigenvalue weighted by Gasteiger charge is 2.45. The van der Waals surface area contributed by atoms with Gasteiger partial charge in [-0.15, -0.1) is 11.3 Å². The van der Waals surface area contributed by atoms with Gasteiger partial charge in [0.05, 0.1) is 18.6 Å². The van der Waals surface area contributed by atoms with E-state index in [2.05, 4.69) is 5.48 Å². The van der Waals surface area contributed by atoms with Crippen molar-refractivity contribution in [2.45, 2.75) is 26.3 Å². The molecular formula is C18H20N2O3S. The zero-order valence-corrected chi connectivity index (χ0v) is 14.5. The van der Waals surface area contributed by atoms with Crippen LogP contribution in [0.25, 0.3) is 0 Å². The van der Waals surface area contributed by atoms with Crippen molar-refractivity contribution in [1.82, 2.24) is 5.48 Å². The third-order valence-corrected chi connectivity index (χ3v) is 5.07. The number of benzene rings is 1. The topological polar surface area (TPSA) is 58.6 Å². The Kier molecular flexibility index (Phi) is 4.97. The van der Waals surface area contributed by atoms with Gasteiger partial charge >= 0.3 is 0 Å². The molecule has 1 aliphatic heterocycles. The molecule has 1 aliphatic rings. The molecule has 1 aromatic carbocycles. The van der Waals surface area contributed by atoms with Crippen molar-refractivity contribution in [3.63, 3.8) is 0 Å². The number of nitrogens with zero attached hydrogens (tertiary/aromatic N) is 1. The molecule has 0 spiro atoms. The van der Waals surface area contributed by atoms with Crippen molar-refractivity contribution >= 4 is 28.8 Å². The van der Waals surface area contributed by atoms with Gasteiger partial charge in [0.25, 0.3) is 0 Å². The Hall–Kier alpha value is -2.18. The van der Waals surface area contributed by atoms with Gasteiger partial charge < -0.3 is 4.90 Å². The number of rotatable bonds is 5. The summed E-state index contributed by atoms with van der Waals surface area (Å²) in [4.78, 5) is 32.9. The predicted octanol–water partition coefficient (Wildman–Crippen LogP) is 3.22. The fraction of sp³-hybridized carbons (Fsp3) is 0.333. The molecule has 2 amide bonds. The number of nitrogens with one attached hydrogen (secondary N) is 1. The molecule has 3 rings (SSSR count). The smallest absolute Gasteiger partial charge is 0.249 e. The third kappa shape index (κ3) is 3.20. The Balaban J connectivity index is 1.96. The van der Waals surface area contributed by atoms with Crippen LogP contribution in [0.4, 0.5) is 5.69 Å². The van der Waals surface area contributed by atoms with Crippen molar-refractivity contribution in [2.75, 3.05) is 11.5 Å². The van der Waals surface area contributed by atoms with Gasteiger partial charge in [-0.05, 0) is 37.4 Å². The number of hydrogen-bond donors (Lipinski definition) is 1. The Morgan fingerprint density at radius 1 is 1.33 bits per heavy atom. The maximum atomic E-state index is 12.7. The summed E-state index contributed by atoms with van der Waals surface area (Å²) >= 11 is 1.55. The molecule has 1 N–H and O–H groups in total. The summed E-state index contributed by atoms with van der Waals surface area (Å²) in [7, 11) is 0. The van der Waals surface area contributed by atoms with Crippen LogP contribution in [-0.4, -0.2) is 18.4 Å². The molecule has 0 aliphatic carbocycles. The molecule has 6 heteroatoms. The van der Waals surface area contributed by atoms with Crippen LogP contribution in [0, 0.1) is 12.8 Å². The Morgan fingerprint density at radius 3 is 2.71 bits per heavy atom.